The Morgan fingerprint density at radius 3 is 2.43 bits per heavy atom. The van der Waals surface area contributed by atoms with E-state index < -0.39 is 0 Å². The van der Waals surface area contributed by atoms with Gasteiger partial charge in [-0.05, 0) is 104 Å². The number of hydrogen-bond acceptors (Lipinski definition) is 1. The summed E-state index contributed by atoms with van der Waals surface area (Å²) in [6.45, 7) is 12.8. The minimum atomic E-state index is 0.600. The van der Waals surface area contributed by atoms with Crippen LogP contribution < -0.4 is 0 Å². The zero-order chi connectivity index (χ0) is 19.7. The second-order valence-corrected chi connectivity index (χ2v) is 12.8. The maximum Gasteiger partial charge on any atom is 0.0847 e. The van der Waals surface area contributed by atoms with E-state index in [2.05, 4.69) is 34.6 Å². The van der Waals surface area contributed by atoms with E-state index in [1.165, 1.54) is 64.2 Å². The van der Waals surface area contributed by atoms with Crippen LogP contribution in [-0.2, 0) is 4.74 Å². The van der Waals surface area contributed by atoms with Gasteiger partial charge < -0.3 is 4.74 Å². The van der Waals surface area contributed by atoms with E-state index >= 15 is 0 Å². The van der Waals surface area contributed by atoms with Crippen molar-refractivity contribution in [2.75, 3.05) is 0 Å². The fourth-order valence-electron chi connectivity index (χ4n) is 9.54. The van der Waals surface area contributed by atoms with Crippen molar-refractivity contribution in [3.63, 3.8) is 0 Å². The van der Waals surface area contributed by atoms with Gasteiger partial charge in [-0.1, -0.05) is 53.9 Å². The Labute approximate surface area is 174 Å². The first-order chi connectivity index (χ1) is 13.3. The summed E-state index contributed by atoms with van der Waals surface area (Å²) in [5.41, 5.74) is 1.25. The normalized spacial score (nSPS) is 53.1. The van der Waals surface area contributed by atoms with Crippen LogP contribution in [0.5, 0.6) is 0 Å². The molecule has 0 aromatic heterocycles. The highest BCUT2D eigenvalue weighted by Crippen LogP contribution is 2.69. The molecular formula is C27H46O. The molecule has 1 heteroatoms. The average Bonchev–Trinajstić information content (AvgIpc) is 3.27. The lowest BCUT2D eigenvalue weighted by atomic mass is 9.44. The van der Waals surface area contributed by atoms with E-state index in [0.717, 1.165) is 41.4 Å². The number of hydrogen-bond donors (Lipinski definition) is 0. The Bertz CT molecular complexity index is 583. The summed E-state index contributed by atoms with van der Waals surface area (Å²) in [7, 11) is 0. The summed E-state index contributed by atoms with van der Waals surface area (Å²) in [6, 6.07) is 0. The summed E-state index contributed by atoms with van der Waals surface area (Å²) >= 11 is 0. The fourth-order valence-corrected chi connectivity index (χ4v) is 9.54. The van der Waals surface area contributed by atoms with Crippen LogP contribution in [0, 0.1) is 52.3 Å². The molecule has 160 valence electrons. The van der Waals surface area contributed by atoms with Gasteiger partial charge >= 0.3 is 0 Å². The first kappa shape index (κ1) is 19.9. The summed E-state index contributed by atoms with van der Waals surface area (Å²) in [5.74, 6) is 6.84. The molecule has 0 spiro atoms. The quantitative estimate of drug-likeness (QED) is 0.446. The molecular weight excluding hydrogens is 340 g/mol. The Morgan fingerprint density at radius 2 is 1.64 bits per heavy atom. The maximum absolute atomic E-state index is 6.02. The molecule has 4 aliphatic carbocycles. The molecule has 10 atom stereocenters. The minimum Gasteiger partial charge on any atom is -0.370 e. The third-order valence-electron chi connectivity index (χ3n) is 11.1. The SMILES string of the molecule is CC(C)CCC[C@H](C)[C@@H]1CC[C@@H]2[C@@H]3CC[C@H]4C[C@@H]5O[C@@H]5C[C@]4(C)[C@@H]3CC[C@]21C. The first-order valence-electron chi connectivity index (χ1n) is 13.0. The van der Waals surface area contributed by atoms with Crippen LogP contribution in [-0.4, -0.2) is 12.2 Å². The van der Waals surface area contributed by atoms with Gasteiger partial charge in [0.15, 0.2) is 0 Å². The third-order valence-corrected chi connectivity index (χ3v) is 11.1. The summed E-state index contributed by atoms with van der Waals surface area (Å²) in [6.07, 6.45) is 17.6. The largest absolute Gasteiger partial charge is 0.370 e. The molecule has 1 saturated heterocycles. The van der Waals surface area contributed by atoms with E-state index in [4.69, 9.17) is 4.74 Å². The van der Waals surface area contributed by atoms with Gasteiger partial charge in [0.1, 0.15) is 0 Å². The molecule has 5 aliphatic rings. The van der Waals surface area contributed by atoms with Gasteiger partial charge in [0.2, 0.25) is 0 Å². The Balaban J connectivity index is 1.30. The molecule has 1 nitrogen and oxygen atoms in total. The van der Waals surface area contributed by atoms with Crippen LogP contribution in [0.3, 0.4) is 0 Å². The second-order valence-electron chi connectivity index (χ2n) is 12.8. The van der Waals surface area contributed by atoms with Crippen molar-refractivity contribution in [2.45, 2.75) is 117 Å². The highest BCUT2D eigenvalue weighted by Gasteiger charge is 2.63. The molecule has 0 aromatic rings. The highest BCUT2D eigenvalue weighted by atomic mass is 16.6. The van der Waals surface area contributed by atoms with Crippen molar-refractivity contribution in [1.29, 1.82) is 0 Å². The fraction of sp³-hybridized carbons (Fsp3) is 1.00. The lowest BCUT2D eigenvalue weighted by Crippen LogP contribution is -2.54. The molecule has 5 fully saturated rings. The predicted octanol–water partition coefficient (Wildman–Crippen LogP) is 7.49. The van der Waals surface area contributed by atoms with Crippen molar-refractivity contribution in [3.8, 4) is 0 Å². The van der Waals surface area contributed by atoms with Crippen LogP contribution in [0.15, 0.2) is 0 Å². The molecule has 28 heavy (non-hydrogen) atoms. The molecule has 0 unspecified atom stereocenters. The minimum absolute atomic E-state index is 0.600. The Morgan fingerprint density at radius 1 is 0.857 bits per heavy atom. The zero-order valence-electron chi connectivity index (χ0n) is 19.4. The predicted molar refractivity (Wildman–Crippen MR) is 117 cm³/mol. The summed E-state index contributed by atoms with van der Waals surface area (Å²) in [5, 5.41) is 0. The lowest BCUT2D eigenvalue weighted by Gasteiger charge is -2.60. The van der Waals surface area contributed by atoms with Crippen LogP contribution in [0.4, 0.5) is 0 Å². The van der Waals surface area contributed by atoms with Crippen molar-refractivity contribution in [3.05, 3.63) is 0 Å². The van der Waals surface area contributed by atoms with Crippen molar-refractivity contribution < 1.29 is 4.74 Å². The molecule has 4 saturated carbocycles. The Hall–Kier alpha value is -0.0400. The van der Waals surface area contributed by atoms with E-state index in [1.807, 2.05) is 0 Å². The van der Waals surface area contributed by atoms with E-state index in [0.29, 0.717) is 23.0 Å². The van der Waals surface area contributed by atoms with Gasteiger partial charge in [-0.25, -0.2) is 0 Å². The Kier molecular flexibility index (Phi) is 4.97. The third kappa shape index (κ3) is 3.04. The van der Waals surface area contributed by atoms with Crippen LogP contribution in [0.2, 0.25) is 0 Å². The number of rotatable bonds is 5. The summed E-state index contributed by atoms with van der Waals surface area (Å²) in [4.78, 5) is 0. The molecule has 0 amide bonds. The van der Waals surface area contributed by atoms with E-state index in [1.54, 1.807) is 6.42 Å². The number of fused-ring (bicyclic) bond motifs is 6. The highest BCUT2D eigenvalue weighted by molar-refractivity contribution is 5.12. The molecule has 0 N–H and O–H groups in total. The number of epoxide rings is 1. The standard InChI is InChI=1S/C27H46O/c1-17(2)7-6-8-18(3)21-11-12-22-20-10-9-19-15-24-25(28-24)16-27(19,5)23(20)13-14-26(21,22)4/h17-25H,6-16H2,1-5H3/t18-,19-,20-,21-,22+,23+,24-,25+,26-,27-/m0/s1. The van der Waals surface area contributed by atoms with Crippen molar-refractivity contribution in [2.24, 2.45) is 52.3 Å². The molecule has 0 aromatic carbocycles. The number of ether oxygens (including phenoxy) is 1. The van der Waals surface area contributed by atoms with Crippen LogP contribution >= 0.6 is 0 Å². The lowest BCUT2D eigenvalue weighted by molar-refractivity contribution is -0.110. The monoisotopic (exact) mass is 386 g/mol. The van der Waals surface area contributed by atoms with Crippen molar-refractivity contribution >= 4 is 0 Å². The molecule has 0 bridgehead atoms. The van der Waals surface area contributed by atoms with E-state index in [9.17, 15) is 0 Å². The van der Waals surface area contributed by atoms with Crippen LogP contribution in [0.25, 0.3) is 0 Å². The first-order valence-corrected chi connectivity index (χ1v) is 13.0. The topological polar surface area (TPSA) is 12.5 Å². The molecule has 1 heterocycles. The van der Waals surface area contributed by atoms with Gasteiger partial charge in [-0.3, -0.25) is 0 Å². The van der Waals surface area contributed by atoms with Gasteiger partial charge in [-0.15, -0.1) is 0 Å². The zero-order valence-corrected chi connectivity index (χ0v) is 19.4. The maximum atomic E-state index is 6.02. The second kappa shape index (κ2) is 7.00. The molecule has 1 aliphatic heterocycles. The molecule has 0 radical (unpaired) electrons. The molecule has 5 rings (SSSR count). The van der Waals surface area contributed by atoms with Gasteiger partial charge in [0.05, 0.1) is 12.2 Å². The van der Waals surface area contributed by atoms with Crippen molar-refractivity contribution in [1.82, 2.24) is 0 Å². The smallest absolute Gasteiger partial charge is 0.0847 e. The van der Waals surface area contributed by atoms with Gasteiger partial charge in [0.25, 0.3) is 0 Å². The van der Waals surface area contributed by atoms with E-state index in [-0.39, 0.29) is 0 Å². The summed E-state index contributed by atoms with van der Waals surface area (Å²) < 4.78 is 6.02. The van der Waals surface area contributed by atoms with Gasteiger partial charge in [-0.2, -0.15) is 0 Å². The average molecular weight is 387 g/mol. The van der Waals surface area contributed by atoms with Crippen LogP contribution in [0.1, 0.15) is 105 Å². The van der Waals surface area contributed by atoms with Gasteiger partial charge in [0, 0.05) is 0 Å².